The molecule has 0 atom stereocenters. The first kappa shape index (κ1) is 17.0. The van der Waals surface area contributed by atoms with Gasteiger partial charge in [-0.2, -0.15) is 0 Å². The van der Waals surface area contributed by atoms with Gasteiger partial charge in [0.25, 0.3) is 5.91 Å². The summed E-state index contributed by atoms with van der Waals surface area (Å²) in [6.07, 6.45) is 1.52. The van der Waals surface area contributed by atoms with E-state index in [1.165, 1.54) is 13.2 Å². The van der Waals surface area contributed by atoms with Crippen LogP contribution in [0.1, 0.15) is 15.9 Å². The number of amides is 1. The average Bonchev–Trinajstić information content (AvgIpc) is 3.08. The number of carbonyl (C=O) groups excluding carboxylic acids is 2. The molecule has 1 N–H and O–H groups in total. The minimum atomic E-state index is -0.655. The lowest BCUT2D eigenvalue weighted by molar-refractivity contribution is -0.136. The van der Waals surface area contributed by atoms with Crippen molar-refractivity contribution < 1.29 is 23.8 Å². The number of nitrogens with one attached hydrogen (secondary N) is 1. The smallest absolute Gasteiger partial charge is 0.354 e. The fourth-order valence-electron chi connectivity index (χ4n) is 2.26. The molecule has 0 aliphatic carbocycles. The third-order valence-corrected chi connectivity index (χ3v) is 4.17. The van der Waals surface area contributed by atoms with E-state index in [1.807, 2.05) is 0 Å². The highest BCUT2D eigenvalue weighted by molar-refractivity contribution is 9.10. The van der Waals surface area contributed by atoms with Crippen molar-refractivity contribution in [1.29, 1.82) is 0 Å². The molecule has 3 rings (SSSR count). The van der Waals surface area contributed by atoms with Gasteiger partial charge in [0.15, 0.2) is 11.5 Å². The van der Waals surface area contributed by atoms with Gasteiger partial charge >= 0.3 is 5.97 Å². The highest BCUT2D eigenvalue weighted by atomic mass is 79.9. The number of rotatable bonds is 4. The SMILES string of the molecule is COC(=O)C(=Cc1ccc2c(c1)OCO2)NC(=O)c1ccccc1Br. The van der Waals surface area contributed by atoms with E-state index in [-0.39, 0.29) is 12.5 Å². The minimum absolute atomic E-state index is 0.0159. The molecule has 1 aliphatic rings. The second-order valence-corrected chi connectivity index (χ2v) is 5.95. The van der Waals surface area contributed by atoms with Crippen LogP contribution in [0, 0.1) is 0 Å². The van der Waals surface area contributed by atoms with Gasteiger partial charge in [-0.05, 0) is 51.8 Å². The molecular formula is C18H14BrNO5. The van der Waals surface area contributed by atoms with Gasteiger partial charge in [0.2, 0.25) is 6.79 Å². The fraction of sp³-hybridized carbons (Fsp3) is 0.111. The maximum Gasteiger partial charge on any atom is 0.354 e. The number of benzene rings is 2. The summed E-state index contributed by atoms with van der Waals surface area (Å²) in [5, 5.41) is 2.59. The van der Waals surface area contributed by atoms with Crippen LogP contribution in [0.2, 0.25) is 0 Å². The Morgan fingerprint density at radius 1 is 1.16 bits per heavy atom. The first-order chi connectivity index (χ1) is 12.1. The number of esters is 1. The molecule has 0 bridgehead atoms. The molecule has 0 radical (unpaired) electrons. The van der Waals surface area contributed by atoms with E-state index in [9.17, 15) is 9.59 Å². The third kappa shape index (κ3) is 3.83. The zero-order chi connectivity index (χ0) is 17.8. The molecule has 0 spiro atoms. The second kappa shape index (κ2) is 7.40. The minimum Gasteiger partial charge on any atom is -0.464 e. The van der Waals surface area contributed by atoms with E-state index in [1.54, 1.807) is 42.5 Å². The van der Waals surface area contributed by atoms with Crippen molar-refractivity contribution in [3.63, 3.8) is 0 Å². The van der Waals surface area contributed by atoms with Crippen LogP contribution in [0.5, 0.6) is 11.5 Å². The largest absolute Gasteiger partial charge is 0.464 e. The molecule has 2 aromatic rings. The van der Waals surface area contributed by atoms with Gasteiger partial charge < -0.3 is 19.5 Å². The Balaban J connectivity index is 1.88. The molecule has 0 aromatic heterocycles. The van der Waals surface area contributed by atoms with Crippen LogP contribution in [-0.4, -0.2) is 25.8 Å². The monoisotopic (exact) mass is 403 g/mol. The van der Waals surface area contributed by atoms with E-state index in [0.29, 0.717) is 27.1 Å². The van der Waals surface area contributed by atoms with Crippen molar-refractivity contribution in [1.82, 2.24) is 5.32 Å². The first-order valence-corrected chi connectivity index (χ1v) is 8.13. The summed E-state index contributed by atoms with van der Waals surface area (Å²) in [7, 11) is 1.25. The van der Waals surface area contributed by atoms with Crippen molar-refractivity contribution in [2.75, 3.05) is 13.9 Å². The maximum atomic E-state index is 12.4. The summed E-state index contributed by atoms with van der Waals surface area (Å²) in [6, 6.07) is 12.1. The Bertz CT molecular complexity index is 862. The normalized spacial score (nSPS) is 12.6. The van der Waals surface area contributed by atoms with Gasteiger partial charge in [0.05, 0.1) is 12.7 Å². The Morgan fingerprint density at radius 3 is 2.68 bits per heavy atom. The van der Waals surface area contributed by atoms with Crippen LogP contribution in [0.25, 0.3) is 6.08 Å². The molecule has 128 valence electrons. The van der Waals surface area contributed by atoms with E-state index < -0.39 is 11.9 Å². The van der Waals surface area contributed by atoms with Gasteiger partial charge in [-0.3, -0.25) is 4.79 Å². The van der Waals surface area contributed by atoms with E-state index >= 15 is 0 Å². The Labute approximate surface area is 152 Å². The zero-order valence-corrected chi connectivity index (χ0v) is 14.8. The molecule has 0 saturated heterocycles. The van der Waals surface area contributed by atoms with Crippen LogP contribution in [0.3, 0.4) is 0 Å². The molecule has 0 saturated carbocycles. The van der Waals surface area contributed by atoms with Crippen molar-refractivity contribution in [3.8, 4) is 11.5 Å². The molecule has 6 nitrogen and oxygen atoms in total. The predicted molar refractivity (Wildman–Crippen MR) is 94.2 cm³/mol. The number of hydrogen-bond donors (Lipinski definition) is 1. The lowest BCUT2D eigenvalue weighted by Crippen LogP contribution is -2.28. The summed E-state index contributed by atoms with van der Waals surface area (Å²) in [5.74, 6) is 0.132. The third-order valence-electron chi connectivity index (χ3n) is 3.48. The summed E-state index contributed by atoms with van der Waals surface area (Å²) < 4.78 is 15.9. The summed E-state index contributed by atoms with van der Waals surface area (Å²) in [6.45, 7) is 0.158. The van der Waals surface area contributed by atoms with Crippen molar-refractivity contribution in [3.05, 3.63) is 63.8 Å². The van der Waals surface area contributed by atoms with Crippen LogP contribution in [-0.2, 0) is 9.53 Å². The molecule has 1 amide bonds. The average molecular weight is 404 g/mol. The van der Waals surface area contributed by atoms with E-state index in [0.717, 1.165) is 0 Å². The second-order valence-electron chi connectivity index (χ2n) is 5.10. The first-order valence-electron chi connectivity index (χ1n) is 7.34. The van der Waals surface area contributed by atoms with Gasteiger partial charge in [0.1, 0.15) is 5.70 Å². The summed E-state index contributed by atoms with van der Waals surface area (Å²) in [4.78, 5) is 24.5. The number of carbonyl (C=O) groups is 2. The van der Waals surface area contributed by atoms with E-state index in [4.69, 9.17) is 14.2 Å². The lowest BCUT2D eigenvalue weighted by Gasteiger charge is -2.09. The standard InChI is InChI=1S/C18H14BrNO5/c1-23-18(22)14(20-17(21)12-4-2-3-5-13(12)19)8-11-6-7-15-16(9-11)25-10-24-15/h2-9H,10H2,1H3,(H,20,21). The molecule has 1 heterocycles. The summed E-state index contributed by atoms with van der Waals surface area (Å²) in [5.41, 5.74) is 1.09. The Kier molecular flexibility index (Phi) is 5.04. The van der Waals surface area contributed by atoms with Crippen LogP contribution in [0.15, 0.2) is 52.6 Å². The van der Waals surface area contributed by atoms with Gasteiger partial charge in [-0.1, -0.05) is 18.2 Å². The highest BCUT2D eigenvalue weighted by Gasteiger charge is 2.18. The zero-order valence-electron chi connectivity index (χ0n) is 13.2. The molecule has 25 heavy (non-hydrogen) atoms. The fourth-order valence-corrected chi connectivity index (χ4v) is 2.73. The quantitative estimate of drug-likeness (QED) is 0.626. The molecule has 1 aliphatic heterocycles. The lowest BCUT2D eigenvalue weighted by atomic mass is 10.1. The predicted octanol–water partition coefficient (Wildman–Crippen LogP) is 3.12. The van der Waals surface area contributed by atoms with Gasteiger partial charge in [-0.15, -0.1) is 0 Å². The number of ether oxygens (including phenoxy) is 3. The van der Waals surface area contributed by atoms with Gasteiger partial charge in [0, 0.05) is 4.47 Å². The van der Waals surface area contributed by atoms with Crippen LogP contribution in [0.4, 0.5) is 0 Å². The number of halogens is 1. The van der Waals surface area contributed by atoms with E-state index in [2.05, 4.69) is 21.2 Å². The Morgan fingerprint density at radius 2 is 1.92 bits per heavy atom. The van der Waals surface area contributed by atoms with Crippen LogP contribution >= 0.6 is 15.9 Å². The van der Waals surface area contributed by atoms with Gasteiger partial charge in [-0.25, -0.2) is 4.79 Å². The number of methoxy groups -OCH3 is 1. The number of hydrogen-bond acceptors (Lipinski definition) is 5. The van der Waals surface area contributed by atoms with Crippen molar-refractivity contribution >= 4 is 33.9 Å². The van der Waals surface area contributed by atoms with Crippen molar-refractivity contribution in [2.24, 2.45) is 0 Å². The summed E-state index contributed by atoms with van der Waals surface area (Å²) >= 11 is 3.31. The number of fused-ring (bicyclic) bond motifs is 1. The van der Waals surface area contributed by atoms with Crippen molar-refractivity contribution in [2.45, 2.75) is 0 Å². The molecule has 0 fully saturated rings. The Hall–Kier alpha value is -2.80. The molecular weight excluding hydrogens is 390 g/mol. The molecule has 2 aromatic carbocycles. The van der Waals surface area contributed by atoms with Crippen LogP contribution < -0.4 is 14.8 Å². The maximum absolute atomic E-state index is 12.4. The topological polar surface area (TPSA) is 73.9 Å². The molecule has 7 heteroatoms. The molecule has 0 unspecified atom stereocenters. The highest BCUT2D eigenvalue weighted by Crippen LogP contribution is 2.33.